The van der Waals surface area contributed by atoms with Crippen molar-refractivity contribution in [2.45, 2.75) is 52.2 Å². The fourth-order valence-electron chi connectivity index (χ4n) is 1.84. The molecule has 2 N–H and O–H groups in total. The molecular weight excluding hydrogens is 238 g/mol. The van der Waals surface area contributed by atoms with Gasteiger partial charge in [-0.05, 0) is 32.4 Å². The molecule has 0 aliphatic heterocycles. The Bertz CT molecular complexity index is 337. The van der Waals surface area contributed by atoms with Crippen molar-refractivity contribution in [2.75, 3.05) is 13.2 Å². The van der Waals surface area contributed by atoms with Gasteiger partial charge in [0.2, 0.25) is 0 Å². The van der Waals surface area contributed by atoms with Gasteiger partial charge in [-0.1, -0.05) is 37.5 Å². The van der Waals surface area contributed by atoms with Gasteiger partial charge in [0.1, 0.15) is 18.5 Å². The molecule has 3 nitrogen and oxygen atoms in total. The smallest absolute Gasteiger partial charge is 0.119 e. The normalized spacial score (nSPS) is 14.1. The number of hydrogen-bond donors (Lipinski definition) is 2. The lowest BCUT2D eigenvalue weighted by molar-refractivity contribution is 0.104. The average Bonchev–Trinajstić information content (AvgIpc) is 2.42. The lowest BCUT2D eigenvalue weighted by Gasteiger charge is -2.17. The van der Waals surface area contributed by atoms with Crippen LogP contribution in [0.2, 0.25) is 0 Å². The standard InChI is InChI=1S/C16H27NO2/c1-4-5-6-14(3)17-11-15(18)12-19-16-9-7-13(2)8-10-16/h7-10,14-15,17-18H,4-6,11-12H2,1-3H3. The molecule has 0 aliphatic carbocycles. The van der Waals surface area contributed by atoms with Crippen molar-refractivity contribution in [3.63, 3.8) is 0 Å². The number of aliphatic hydroxyl groups is 1. The predicted octanol–water partition coefficient (Wildman–Crippen LogP) is 2.90. The molecule has 19 heavy (non-hydrogen) atoms. The van der Waals surface area contributed by atoms with E-state index in [1.165, 1.54) is 18.4 Å². The molecule has 0 radical (unpaired) electrons. The summed E-state index contributed by atoms with van der Waals surface area (Å²) in [5.74, 6) is 0.809. The molecule has 108 valence electrons. The molecule has 1 aromatic rings. The van der Waals surface area contributed by atoms with E-state index in [0.29, 0.717) is 19.2 Å². The van der Waals surface area contributed by atoms with E-state index in [0.717, 1.165) is 12.2 Å². The van der Waals surface area contributed by atoms with Crippen LogP contribution >= 0.6 is 0 Å². The van der Waals surface area contributed by atoms with Crippen molar-refractivity contribution >= 4 is 0 Å². The molecule has 2 atom stereocenters. The zero-order valence-corrected chi connectivity index (χ0v) is 12.4. The topological polar surface area (TPSA) is 41.5 Å². The van der Waals surface area contributed by atoms with Gasteiger partial charge >= 0.3 is 0 Å². The number of ether oxygens (including phenoxy) is 1. The van der Waals surface area contributed by atoms with Gasteiger partial charge < -0.3 is 15.2 Å². The van der Waals surface area contributed by atoms with Gasteiger partial charge in [0, 0.05) is 12.6 Å². The Morgan fingerprint density at radius 1 is 1.26 bits per heavy atom. The molecular formula is C16H27NO2. The van der Waals surface area contributed by atoms with Gasteiger partial charge in [-0.2, -0.15) is 0 Å². The highest BCUT2D eigenvalue weighted by molar-refractivity contribution is 5.26. The van der Waals surface area contributed by atoms with E-state index >= 15 is 0 Å². The van der Waals surface area contributed by atoms with Gasteiger partial charge in [-0.25, -0.2) is 0 Å². The number of nitrogens with one attached hydrogen (secondary N) is 1. The summed E-state index contributed by atoms with van der Waals surface area (Å²) >= 11 is 0. The number of unbranched alkanes of at least 4 members (excludes halogenated alkanes) is 1. The molecule has 0 saturated carbocycles. The van der Waals surface area contributed by atoms with E-state index in [-0.39, 0.29) is 0 Å². The van der Waals surface area contributed by atoms with Gasteiger partial charge in [0.05, 0.1) is 0 Å². The molecule has 0 spiro atoms. The van der Waals surface area contributed by atoms with E-state index in [9.17, 15) is 5.11 Å². The number of aliphatic hydroxyl groups excluding tert-OH is 1. The quantitative estimate of drug-likeness (QED) is 0.721. The van der Waals surface area contributed by atoms with E-state index in [1.807, 2.05) is 31.2 Å². The Labute approximate surface area is 117 Å². The molecule has 0 fully saturated rings. The summed E-state index contributed by atoms with van der Waals surface area (Å²) < 4.78 is 5.55. The Morgan fingerprint density at radius 3 is 2.58 bits per heavy atom. The predicted molar refractivity (Wildman–Crippen MR) is 79.7 cm³/mol. The summed E-state index contributed by atoms with van der Waals surface area (Å²) in [5, 5.41) is 13.2. The first-order chi connectivity index (χ1) is 9.11. The van der Waals surface area contributed by atoms with Crippen LogP contribution in [0.4, 0.5) is 0 Å². The van der Waals surface area contributed by atoms with Crippen LogP contribution in [0.15, 0.2) is 24.3 Å². The van der Waals surface area contributed by atoms with Gasteiger partial charge in [-0.3, -0.25) is 0 Å². The summed E-state index contributed by atoms with van der Waals surface area (Å²) in [4.78, 5) is 0. The number of aryl methyl sites for hydroxylation is 1. The molecule has 0 aromatic heterocycles. The SMILES string of the molecule is CCCCC(C)NCC(O)COc1ccc(C)cc1. The zero-order valence-electron chi connectivity index (χ0n) is 12.4. The maximum atomic E-state index is 9.85. The second-order valence-corrected chi connectivity index (χ2v) is 5.23. The first-order valence-corrected chi connectivity index (χ1v) is 7.22. The lowest BCUT2D eigenvalue weighted by atomic mass is 10.1. The van der Waals surface area contributed by atoms with Crippen LogP contribution in [0.1, 0.15) is 38.7 Å². The minimum absolute atomic E-state index is 0.330. The Morgan fingerprint density at radius 2 is 1.95 bits per heavy atom. The summed E-state index contributed by atoms with van der Waals surface area (Å²) in [5.41, 5.74) is 1.21. The zero-order chi connectivity index (χ0) is 14.1. The van der Waals surface area contributed by atoms with E-state index in [2.05, 4.69) is 19.2 Å². The lowest BCUT2D eigenvalue weighted by Crippen LogP contribution is -2.36. The van der Waals surface area contributed by atoms with Crippen LogP contribution in [-0.2, 0) is 0 Å². The maximum absolute atomic E-state index is 9.85. The third-order valence-corrected chi connectivity index (χ3v) is 3.16. The average molecular weight is 265 g/mol. The monoisotopic (exact) mass is 265 g/mol. The Balaban J connectivity index is 2.17. The summed E-state index contributed by atoms with van der Waals surface area (Å²) in [6, 6.07) is 8.33. The minimum Gasteiger partial charge on any atom is -0.491 e. The molecule has 0 amide bonds. The molecule has 0 saturated heterocycles. The van der Waals surface area contributed by atoms with Gasteiger partial charge in [0.25, 0.3) is 0 Å². The molecule has 2 unspecified atom stereocenters. The van der Waals surface area contributed by atoms with Crippen molar-refractivity contribution < 1.29 is 9.84 Å². The summed E-state index contributed by atoms with van der Waals surface area (Å²) in [6.45, 7) is 7.30. The second-order valence-electron chi connectivity index (χ2n) is 5.23. The van der Waals surface area contributed by atoms with Crippen molar-refractivity contribution in [1.29, 1.82) is 0 Å². The Hall–Kier alpha value is -1.06. The Kier molecular flexibility index (Phi) is 7.53. The molecule has 0 aliphatic rings. The molecule has 1 rings (SSSR count). The van der Waals surface area contributed by atoms with E-state index in [1.54, 1.807) is 0 Å². The number of benzene rings is 1. The molecule has 0 bridgehead atoms. The van der Waals surface area contributed by atoms with Crippen molar-refractivity contribution in [3.05, 3.63) is 29.8 Å². The van der Waals surface area contributed by atoms with Gasteiger partial charge in [0.15, 0.2) is 0 Å². The molecule has 3 heteroatoms. The molecule has 1 aromatic carbocycles. The van der Waals surface area contributed by atoms with Crippen LogP contribution in [0.5, 0.6) is 5.75 Å². The third-order valence-electron chi connectivity index (χ3n) is 3.16. The summed E-state index contributed by atoms with van der Waals surface area (Å²) in [6.07, 6.45) is 3.13. The largest absolute Gasteiger partial charge is 0.491 e. The number of hydrogen-bond acceptors (Lipinski definition) is 3. The maximum Gasteiger partial charge on any atom is 0.119 e. The minimum atomic E-state index is -0.467. The number of rotatable bonds is 9. The van der Waals surface area contributed by atoms with Crippen molar-refractivity contribution in [2.24, 2.45) is 0 Å². The second kappa shape index (κ2) is 8.94. The highest BCUT2D eigenvalue weighted by Gasteiger charge is 2.07. The van der Waals surface area contributed by atoms with Crippen LogP contribution in [0, 0.1) is 6.92 Å². The first kappa shape index (κ1) is 16.0. The van der Waals surface area contributed by atoms with Crippen LogP contribution in [-0.4, -0.2) is 30.4 Å². The van der Waals surface area contributed by atoms with Crippen molar-refractivity contribution in [3.8, 4) is 5.75 Å². The van der Waals surface area contributed by atoms with E-state index in [4.69, 9.17) is 4.74 Å². The highest BCUT2D eigenvalue weighted by atomic mass is 16.5. The van der Waals surface area contributed by atoms with Crippen LogP contribution < -0.4 is 10.1 Å². The van der Waals surface area contributed by atoms with Crippen LogP contribution in [0.3, 0.4) is 0 Å². The summed E-state index contributed by atoms with van der Waals surface area (Å²) in [7, 11) is 0. The first-order valence-electron chi connectivity index (χ1n) is 7.22. The highest BCUT2D eigenvalue weighted by Crippen LogP contribution is 2.11. The fraction of sp³-hybridized carbons (Fsp3) is 0.625. The van der Waals surface area contributed by atoms with E-state index < -0.39 is 6.10 Å². The van der Waals surface area contributed by atoms with Gasteiger partial charge in [-0.15, -0.1) is 0 Å². The third kappa shape index (κ3) is 7.19. The molecule has 0 heterocycles. The van der Waals surface area contributed by atoms with Crippen LogP contribution in [0.25, 0.3) is 0 Å². The fourth-order valence-corrected chi connectivity index (χ4v) is 1.84. The van der Waals surface area contributed by atoms with Crippen molar-refractivity contribution in [1.82, 2.24) is 5.32 Å².